The van der Waals surface area contributed by atoms with Gasteiger partial charge in [0.2, 0.25) is 0 Å². The highest BCUT2D eigenvalue weighted by Gasteiger charge is 2.27. The van der Waals surface area contributed by atoms with Gasteiger partial charge in [0.05, 0.1) is 25.2 Å². The van der Waals surface area contributed by atoms with E-state index in [1.54, 1.807) is 6.08 Å². The van der Waals surface area contributed by atoms with Gasteiger partial charge in [-0.3, -0.25) is 4.79 Å². The molecular weight excluding hydrogens is 280 g/mol. The minimum atomic E-state index is -0.921. The highest BCUT2D eigenvalue weighted by atomic mass is 16.5. The molecule has 0 aromatic heterocycles. The largest absolute Gasteiger partial charge is 0.469 e. The average molecular weight is 314 g/mol. The number of unbranched alkanes of at least 4 members (excludes halogenated alkanes) is 1. The highest BCUT2D eigenvalue weighted by Crippen LogP contribution is 2.28. The van der Waals surface area contributed by atoms with E-state index in [9.17, 15) is 15.0 Å². The van der Waals surface area contributed by atoms with E-state index < -0.39 is 17.7 Å². The van der Waals surface area contributed by atoms with Crippen LogP contribution in [0.25, 0.3) is 0 Å². The van der Waals surface area contributed by atoms with E-state index >= 15 is 0 Å². The Balaban J connectivity index is 4.95. The average Bonchev–Trinajstić information content (AvgIpc) is 2.50. The van der Waals surface area contributed by atoms with Crippen molar-refractivity contribution < 1.29 is 19.7 Å². The van der Waals surface area contributed by atoms with Crippen molar-refractivity contribution >= 4 is 5.97 Å². The van der Waals surface area contributed by atoms with Gasteiger partial charge in [0.15, 0.2) is 0 Å². The van der Waals surface area contributed by atoms with E-state index in [0.717, 1.165) is 19.3 Å². The molecule has 0 heterocycles. The van der Waals surface area contributed by atoms with Crippen LogP contribution >= 0.6 is 0 Å². The van der Waals surface area contributed by atoms with Crippen LogP contribution in [0.4, 0.5) is 0 Å². The van der Waals surface area contributed by atoms with Gasteiger partial charge in [0, 0.05) is 0 Å². The fourth-order valence-corrected chi connectivity index (χ4v) is 2.71. The highest BCUT2D eigenvalue weighted by molar-refractivity contribution is 5.70. The van der Waals surface area contributed by atoms with Gasteiger partial charge in [-0.1, -0.05) is 53.0 Å². The summed E-state index contributed by atoms with van der Waals surface area (Å²) < 4.78 is 4.59. The van der Waals surface area contributed by atoms with Gasteiger partial charge >= 0.3 is 5.97 Å². The summed E-state index contributed by atoms with van der Waals surface area (Å²) in [5.41, 5.74) is -0.215. The first-order chi connectivity index (χ1) is 10.3. The summed E-state index contributed by atoms with van der Waals surface area (Å²) in [5.74, 6) is -0.0137. The first kappa shape index (κ1) is 21.1. The van der Waals surface area contributed by atoms with Gasteiger partial charge in [-0.05, 0) is 30.8 Å². The van der Waals surface area contributed by atoms with Crippen molar-refractivity contribution in [2.24, 2.45) is 5.92 Å². The second kappa shape index (κ2) is 10.8. The predicted molar refractivity (Wildman–Crippen MR) is 89.6 cm³/mol. The molecule has 0 aliphatic heterocycles. The van der Waals surface area contributed by atoms with Gasteiger partial charge in [-0.15, -0.1) is 0 Å². The van der Waals surface area contributed by atoms with E-state index in [1.165, 1.54) is 7.11 Å². The maximum atomic E-state index is 11.3. The van der Waals surface area contributed by atoms with Crippen molar-refractivity contribution in [1.82, 2.24) is 0 Å². The molecule has 0 aromatic carbocycles. The number of esters is 1. The van der Waals surface area contributed by atoms with Crippen molar-refractivity contribution in [3.05, 3.63) is 11.6 Å². The van der Waals surface area contributed by atoms with Gasteiger partial charge in [0.25, 0.3) is 0 Å². The summed E-state index contributed by atoms with van der Waals surface area (Å²) in [4.78, 5) is 11.3. The zero-order valence-electron chi connectivity index (χ0n) is 14.9. The Morgan fingerprint density at radius 3 is 2.41 bits per heavy atom. The molecule has 3 atom stereocenters. The molecule has 0 amide bonds. The molecule has 4 heteroatoms. The van der Waals surface area contributed by atoms with Crippen LogP contribution in [-0.4, -0.2) is 35.0 Å². The zero-order chi connectivity index (χ0) is 17.2. The Morgan fingerprint density at radius 2 is 1.95 bits per heavy atom. The molecule has 0 fully saturated rings. The third-order valence-electron chi connectivity index (χ3n) is 4.24. The van der Waals surface area contributed by atoms with Gasteiger partial charge in [-0.25, -0.2) is 0 Å². The summed E-state index contributed by atoms with van der Waals surface area (Å²) in [6, 6.07) is 0. The topological polar surface area (TPSA) is 66.8 Å². The molecule has 0 rings (SSSR count). The number of ether oxygens (including phenoxy) is 1. The fourth-order valence-electron chi connectivity index (χ4n) is 2.71. The van der Waals surface area contributed by atoms with Gasteiger partial charge < -0.3 is 14.9 Å². The molecule has 0 spiro atoms. The van der Waals surface area contributed by atoms with E-state index in [-0.39, 0.29) is 6.42 Å². The number of rotatable bonds is 11. The summed E-state index contributed by atoms with van der Waals surface area (Å²) in [6.45, 7) is 8.18. The maximum Gasteiger partial charge on any atom is 0.308 e. The molecule has 0 bridgehead atoms. The number of carbonyl (C=O) groups is 1. The second-order valence-electron chi connectivity index (χ2n) is 6.28. The summed E-state index contributed by atoms with van der Waals surface area (Å²) >= 11 is 0. The van der Waals surface area contributed by atoms with E-state index in [0.29, 0.717) is 30.8 Å². The van der Waals surface area contributed by atoms with Crippen molar-refractivity contribution in [1.29, 1.82) is 0 Å². The van der Waals surface area contributed by atoms with E-state index in [1.807, 2.05) is 13.8 Å². The first-order valence-electron chi connectivity index (χ1n) is 8.50. The molecule has 4 nitrogen and oxygen atoms in total. The fraction of sp³-hybridized carbons (Fsp3) is 0.833. The number of aliphatic hydroxyl groups is 2. The van der Waals surface area contributed by atoms with Crippen LogP contribution in [0, 0.1) is 5.92 Å². The van der Waals surface area contributed by atoms with Crippen molar-refractivity contribution in [3.63, 3.8) is 0 Å². The van der Waals surface area contributed by atoms with Crippen LogP contribution in [0.1, 0.15) is 72.6 Å². The predicted octanol–water partition coefficient (Wildman–Crippen LogP) is 3.60. The summed E-state index contributed by atoms with van der Waals surface area (Å²) in [7, 11) is 1.31. The molecular formula is C18H34O4. The standard InChI is InChI=1S/C18H34O4/c1-6-9-10-14(4)12-18(21,8-3)13-15(7-2)16(19)11-17(20)22-5/h13-14,16,19,21H,6-12H2,1-5H3. The first-order valence-corrected chi connectivity index (χ1v) is 8.50. The Kier molecular flexibility index (Phi) is 10.4. The number of aliphatic hydroxyl groups excluding tert-OH is 1. The molecule has 0 aliphatic rings. The zero-order valence-corrected chi connectivity index (χ0v) is 14.9. The summed E-state index contributed by atoms with van der Waals surface area (Å²) in [5, 5.41) is 21.0. The third-order valence-corrected chi connectivity index (χ3v) is 4.24. The monoisotopic (exact) mass is 314 g/mol. The van der Waals surface area contributed by atoms with Crippen molar-refractivity contribution in [2.75, 3.05) is 7.11 Å². The molecule has 2 N–H and O–H groups in total. The lowest BCUT2D eigenvalue weighted by atomic mass is 9.84. The Bertz CT molecular complexity index is 351. The minimum absolute atomic E-state index is 0.0681. The molecule has 0 radical (unpaired) electrons. The number of hydrogen-bond acceptors (Lipinski definition) is 4. The lowest BCUT2D eigenvalue weighted by molar-refractivity contribution is -0.142. The molecule has 0 saturated carbocycles. The molecule has 0 aliphatic carbocycles. The third kappa shape index (κ3) is 7.95. The van der Waals surface area contributed by atoms with Crippen LogP contribution < -0.4 is 0 Å². The SMILES string of the molecule is CCCCC(C)CC(O)(C=C(CC)C(O)CC(=O)OC)CC. The van der Waals surface area contributed by atoms with Crippen LogP contribution in [-0.2, 0) is 9.53 Å². The molecule has 3 unspecified atom stereocenters. The normalized spacial score (nSPS) is 17.7. The minimum Gasteiger partial charge on any atom is -0.469 e. The number of hydrogen-bond donors (Lipinski definition) is 2. The van der Waals surface area contributed by atoms with Gasteiger partial charge in [0.1, 0.15) is 0 Å². The van der Waals surface area contributed by atoms with E-state index in [4.69, 9.17) is 0 Å². The van der Waals surface area contributed by atoms with E-state index in [2.05, 4.69) is 18.6 Å². The smallest absolute Gasteiger partial charge is 0.308 e. The molecule has 0 aromatic rings. The number of methoxy groups -OCH3 is 1. The molecule has 0 saturated heterocycles. The number of carbonyl (C=O) groups excluding carboxylic acids is 1. The lowest BCUT2D eigenvalue weighted by Crippen LogP contribution is -2.30. The molecule has 22 heavy (non-hydrogen) atoms. The maximum absolute atomic E-state index is 11.3. The van der Waals surface area contributed by atoms with Crippen LogP contribution in [0.3, 0.4) is 0 Å². The van der Waals surface area contributed by atoms with Crippen LogP contribution in [0.5, 0.6) is 0 Å². The lowest BCUT2D eigenvalue weighted by Gasteiger charge is -2.29. The Hall–Kier alpha value is -0.870. The summed E-state index contributed by atoms with van der Waals surface area (Å²) in [6.07, 6.45) is 6.10. The van der Waals surface area contributed by atoms with Crippen LogP contribution in [0.15, 0.2) is 11.6 Å². The van der Waals surface area contributed by atoms with Crippen LogP contribution in [0.2, 0.25) is 0 Å². The van der Waals surface area contributed by atoms with Crippen molar-refractivity contribution in [3.8, 4) is 0 Å². The van der Waals surface area contributed by atoms with Gasteiger partial charge in [-0.2, -0.15) is 0 Å². The second-order valence-corrected chi connectivity index (χ2v) is 6.28. The Morgan fingerprint density at radius 1 is 1.32 bits per heavy atom. The Labute approximate surface area is 135 Å². The van der Waals surface area contributed by atoms with Crippen molar-refractivity contribution in [2.45, 2.75) is 84.3 Å². The quantitative estimate of drug-likeness (QED) is 0.452. The molecule has 130 valence electrons.